The van der Waals surface area contributed by atoms with E-state index < -0.39 is 12.1 Å². The van der Waals surface area contributed by atoms with Crippen molar-refractivity contribution < 1.29 is 29.2 Å². The normalized spacial score (nSPS) is 13.2. The van der Waals surface area contributed by atoms with Gasteiger partial charge in [-0.05, 0) is 66.8 Å². The Morgan fingerprint density at radius 1 is 1.09 bits per heavy atom. The lowest BCUT2D eigenvalue weighted by atomic mass is 10.0. The van der Waals surface area contributed by atoms with E-state index in [0.29, 0.717) is 50.6 Å². The fraction of sp³-hybridized carbons (Fsp3) is 0.515. The Morgan fingerprint density at radius 3 is 2.80 bits per heavy atom. The lowest BCUT2D eigenvalue weighted by molar-refractivity contribution is -0.131. The van der Waals surface area contributed by atoms with E-state index in [-0.39, 0.29) is 6.61 Å². The second-order valence-corrected chi connectivity index (χ2v) is 11.9. The van der Waals surface area contributed by atoms with Crippen molar-refractivity contribution in [1.82, 2.24) is 14.9 Å². The van der Waals surface area contributed by atoms with E-state index in [1.165, 1.54) is 6.92 Å². The quantitative estimate of drug-likeness (QED) is 0.0764. The molecule has 0 aliphatic carbocycles. The maximum atomic E-state index is 11.3. The van der Waals surface area contributed by atoms with Crippen LogP contribution in [0.3, 0.4) is 0 Å². The SMILES string of the molecule is CC(=O)Oc1ccc(C(O)CNCCCCCCOCCOCc2cccc(NCc3cn4c(n3)SCC4)c2)cc1CCO. The summed E-state index contributed by atoms with van der Waals surface area (Å²) in [5.41, 5.74) is 4.69. The number of rotatable bonds is 21. The molecule has 1 aromatic heterocycles. The third kappa shape index (κ3) is 11.5. The molecular weight excluding hydrogens is 580 g/mol. The number of aryl methyl sites for hydroxylation is 1. The number of thioether (sulfide) groups is 1. The van der Waals surface area contributed by atoms with Gasteiger partial charge >= 0.3 is 5.97 Å². The molecule has 11 heteroatoms. The van der Waals surface area contributed by atoms with Crippen molar-refractivity contribution in [3.63, 3.8) is 0 Å². The predicted octanol–water partition coefficient (Wildman–Crippen LogP) is 4.48. The van der Waals surface area contributed by atoms with Crippen molar-refractivity contribution in [1.29, 1.82) is 0 Å². The number of hydrogen-bond donors (Lipinski definition) is 4. The predicted molar refractivity (Wildman–Crippen MR) is 172 cm³/mol. The molecule has 0 fully saturated rings. The first-order chi connectivity index (χ1) is 21.5. The van der Waals surface area contributed by atoms with Gasteiger partial charge in [-0.25, -0.2) is 4.98 Å². The number of fused-ring (bicyclic) bond motifs is 1. The number of carbonyl (C=O) groups is 1. The second-order valence-electron chi connectivity index (χ2n) is 10.8. The van der Waals surface area contributed by atoms with E-state index in [1.807, 2.05) is 17.8 Å². The molecule has 3 aromatic rings. The summed E-state index contributed by atoms with van der Waals surface area (Å²) in [6.07, 6.45) is 6.03. The Balaban J connectivity index is 0.977. The Hall–Kier alpha value is -2.93. The number of esters is 1. The smallest absolute Gasteiger partial charge is 0.308 e. The maximum absolute atomic E-state index is 11.3. The number of aromatic nitrogens is 2. The molecule has 2 aromatic carbocycles. The average molecular weight is 627 g/mol. The molecule has 10 nitrogen and oxygen atoms in total. The van der Waals surface area contributed by atoms with Crippen molar-refractivity contribution >= 4 is 23.4 Å². The Kier molecular flexibility index (Phi) is 14.5. The van der Waals surface area contributed by atoms with Crippen LogP contribution in [0.15, 0.2) is 53.8 Å². The molecule has 44 heavy (non-hydrogen) atoms. The molecule has 0 saturated carbocycles. The van der Waals surface area contributed by atoms with Crippen LogP contribution >= 0.6 is 11.8 Å². The number of nitrogens with one attached hydrogen (secondary N) is 2. The number of unbranched alkanes of at least 4 members (excludes halogenated alkanes) is 3. The van der Waals surface area contributed by atoms with E-state index in [9.17, 15) is 15.0 Å². The van der Waals surface area contributed by atoms with E-state index in [1.54, 1.807) is 18.2 Å². The zero-order valence-electron chi connectivity index (χ0n) is 25.6. The minimum Gasteiger partial charge on any atom is -0.426 e. The van der Waals surface area contributed by atoms with Gasteiger partial charge in [-0.1, -0.05) is 42.8 Å². The lowest BCUT2D eigenvalue weighted by Crippen LogP contribution is -2.22. The molecular formula is C33H46N4O6S. The van der Waals surface area contributed by atoms with Gasteiger partial charge in [-0.15, -0.1) is 0 Å². The topological polar surface area (TPSA) is 127 Å². The Bertz CT molecular complexity index is 1280. The minimum absolute atomic E-state index is 0.0622. The van der Waals surface area contributed by atoms with Crippen molar-refractivity contribution in [3.8, 4) is 5.75 Å². The van der Waals surface area contributed by atoms with Crippen LogP contribution in [0.25, 0.3) is 0 Å². The van der Waals surface area contributed by atoms with Gasteiger partial charge in [0, 0.05) is 50.9 Å². The van der Waals surface area contributed by atoms with E-state index >= 15 is 0 Å². The zero-order valence-corrected chi connectivity index (χ0v) is 26.4. The number of anilines is 1. The van der Waals surface area contributed by atoms with Crippen LogP contribution in [0.5, 0.6) is 5.75 Å². The first kappa shape index (κ1) is 34.0. The van der Waals surface area contributed by atoms with Crippen LogP contribution in [0.1, 0.15) is 61.1 Å². The number of imidazole rings is 1. The number of aliphatic hydroxyl groups is 2. The van der Waals surface area contributed by atoms with Gasteiger partial charge in [0.05, 0.1) is 38.2 Å². The summed E-state index contributed by atoms with van der Waals surface area (Å²) in [4.78, 5) is 16.0. The fourth-order valence-corrected chi connectivity index (χ4v) is 5.92. The van der Waals surface area contributed by atoms with Crippen LogP contribution in [-0.2, 0) is 40.4 Å². The van der Waals surface area contributed by atoms with Crippen LogP contribution in [0.2, 0.25) is 0 Å². The largest absolute Gasteiger partial charge is 0.426 e. The number of aliphatic hydroxyl groups excluding tert-OH is 2. The molecule has 4 rings (SSSR count). The third-order valence-electron chi connectivity index (χ3n) is 7.23. The summed E-state index contributed by atoms with van der Waals surface area (Å²) in [6.45, 7) is 6.72. The lowest BCUT2D eigenvalue weighted by Gasteiger charge is -2.15. The average Bonchev–Trinajstić information content (AvgIpc) is 3.62. The molecule has 0 saturated heterocycles. The van der Waals surface area contributed by atoms with Gasteiger partial charge in [-0.2, -0.15) is 0 Å². The second kappa shape index (κ2) is 18.8. The van der Waals surface area contributed by atoms with E-state index in [4.69, 9.17) is 14.2 Å². The molecule has 1 unspecified atom stereocenters. The number of benzene rings is 2. The first-order valence-corrected chi connectivity index (χ1v) is 16.5. The highest BCUT2D eigenvalue weighted by Gasteiger charge is 2.14. The monoisotopic (exact) mass is 626 g/mol. The van der Waals surface area contributed by atoms with Crippen molar-refractivity contribution in [2.75, 3.05) is 50.6 Å². The standard InChI is InChI=1S/C33H46N4O6S/c1-25(39)43-32-10-9-27(20-28(32)11-14-38)31(40)22-34-12-4-2-3-5-15-41-16-17-42-24-26-7-6-8-29(19-26)35-21-30-23-37-13-18-44-33(37)36-30/h6-10,19-20,23,31,34-35,38,40H,2-5,11-18,21-22,24H2,1H3. The minimum atomic E-state index is -0.678. The summed E-state index contributed by atoms with van der Waals surface area (Å²) in [7, 11) is 0. The maximum Gasteiger partial charge on any atom is 0.308 e. The van der Waals surface area contributed by atoms with E-state index in [2.05, 4.69) is 44.6 Å². The molecule has 4 N–H and O–H groups in total. The molecule has 0 amide bonds. The van der Waals surface area contributed by atoms with Gasteiger partial charge < -0.3 is 39.6 Å². The van der Waals surface area contributed by atoms with E-state index in [0.717, 1.165) is 78.8 Å². The summed E-state index contributed by atoms with van der Waals surface area (Å²) >= 11 is 1.81. The highest BCUT2D eigenvalue weighted by Crippen LogP contribution is 2.26. The highest BCUT2D eigenvalue weighted by atomic mass is 32.2. The molecule has 0 bridgehead atoms. The molecule has 1 aliphatic rings. The van der Waals surface area contributed by atoms with Gasteiger partial charge in [0.25, 0.3) is 0 Å². The molecule has 2 heterocycles. The van der Waals surface area contributed by atoms with Crippen LogP contribution in [0.4, 0.5) is 5.69 Å². The number of carbonyl (C=O) groups excluding carboxylic acids is 1. The van der Waals surface area contributed by atoms with Gasteiger partial charge in [0.1, 0.15) is 5.75 Å². The number of nitrogens with zero attached hydrogens (tertiary/aromatic N) is 2. The molecule has 1 atom stereocenters. The zero-order chi connectivity index (χ0) is 31.0. The summed E-state index contributed by atoms with van der Waals surface area (Å²) < 4.78 is 19.0. The van der Waals surface area contributed by atoms with Gasteiger partial charge in [0.2, 0.25) is 0 Å². The molecule has 0 radical (unpaired) electrons. The first-order valence-electron chi connectivity index (χ1n) is 15.5. The van der Waals surface area contributed by atoms with Crippen LogP contribution < -0.4 is 15.4 Å². The Labute approximate surface area is 264 Å². The van der Waals surface area contributed by atoms with Gasteiger partial charge in [-0.3, -0.25) is 4.79 Å². The number of hydrogen-bond acceptors (Lipinski definition) is 10. The number of ether oxygens (including phenoxy) is 3. The summed E-state index contributed by atoms with van der Waals surface area (Å²) in [5.74, 6) is 1.13. The van der Waals surface area contributed by atoms with Crippen molar-refractivity contribution in [2.24, 2.45) is 0 Å². The third-order valence-corrected chi connectivity index (χ3v) is 8.20. The van der Waals surface area contributed by atoms with Gasteiger partial charge in [0.15, 0.2) is 5.16 Å². The molecule has 0 spiro atoms. The summed E-state index contributed by atoms with van der Waals surface area (Å²) in [5, 5.41) is 27.7. The Morgan fingerprint density at radius 2 is 1.95 bits per heavy atom. The molecule has 240 valence electrons. The van der Waals surface area contributed by atoms with Crippen LogP contribution in [0, 0.1) is 0 Å². The summed E-state index contributed by atoms with van der Waals surface area (Å²) in [6, 6.07) is 13.5. The van der Waals surface area contributed by atoms with Crippen molar-refractivity contribution in [3.05, 3.63) is 71.0 Å². The fourth-order valence-electron chi connectivity index (χ4n) is 4.96. The highest BCUT2D eigenvalue weighted by molar-refractivity contribution is 7.99. The molecule has 1 aliphatic heterocycles. The van der Waals surface area contributed by atoms with Crippen molar-refractivity contribution in [2.45, 2.75) is 70.0 Å². The van der Waals surface area contributed by atoms with Crippen LogP contribution in [-0.4, -0.2) is 71.0 Å².